The average Bonchev–Trinajstić information content (AvgIpc) is 3.25. The first-order chi connectivity index (χ1) is 14.4. The van der Waals surface area contributed by atoms with Gasteiger partial charge in [-0.2, -0.15) is 0 Å². The Morgan fingerprint density at radius 3 is 2.87 bits per heavy atom. The van der Waals surface area contributed by atoms with Crippen molar-refractivity contribution in [2.24, 2.45) is 17.0 Å². The number of nitrogens with zero attached hydrogens (tertiary/aromatic N) is 5. The van der Waals surface area contributed by atoms with E-state index in [0.717, 1.165) is 51.4 Å². The SMILES string of the molecule is C=NC=N/C=C(\C)c1cc(-c2cnc(C)n2C)c2c(N)c([S@@](=O)CCCC)sc2n1. The Hall–Kier alpha value is -2.65. The Kier molecular flexibility index (Phi) is 6.94. The van der Waals surface area contributed by atoms with Crippen LogP contribution in [-0.2, 0) is 17.8 Å². The number of aryl methyl sites for hydroxylation is 1. The van der Waals surface area contributed by atoms with Crippen LogP contribution in [0.1, 0.15) is 38.2 Å². The van der Waals surface area contributed by atoms with Gasteiger partial charge in [-0.05, 0) is 38.6 Å². The van der Waals surface area contributed by atoms with Crippen molar-refractivity contribution in [3.8, 4) is 11.3 Å². The van der Waals surface area contributed by atoms with Crippen molar-refractivity contribution in [1.29, 1.82) is 0 Å². The second-order valence-corrected chi connectivity index (χ2v) is 9.72. The van der Waals surface area contributed by atoms with Gasteiger partial charge in [0.25, 0.3) is 0 Å². The Morgan fingerprint density at radius 2 is 2.23 bits per heavy atom. The van der Waals surface area contributed by atoms with E-state index in [-0.39, 0.29) is 0 Å². The Morgan fingerprint density at radius 1 is 1.47 bits per heavy atom. The van der Waals surface area contributed by atoms with Gasteiger partial charge in [0, 0.05) is 30.0 Å². The van der Waals surface area contributed by atoms with Crippen LogP contribution in [0.25, 0.3) is 27.0 Å². The van der Waals surface area contributed by atoms with E-state index >= 15 is 0 Å². The zero-order chi connectivity index (χ0) is 21.8. The molecule has 7 nitrogen and oxygen atoms in total. The van der Waals surface area contributed by atoms with Gasteiger partial charge in [0.15, 0.2) is 0 Å². The maximum Gasteiger partial charge on any atom is 0.127 e. The number of fused-ring (bicyclic) bond motifs is 1. The molecular weight excluding hydrogens is 416 g/mol. The number of rotatable bonds is 8. The molecule has 2 N–H and O–H groups in total. The van der Waals surface area contributed by atoms with Crippen LogP contribution in [0.5, 0.6) is 0 Å². The van der Waals surface area contributed by atoms with Crippen molar-refractivity contribution in [2.75, 3.05) is 11.5 Å². The lowest BCUT2D eigenvalue weighted by atomic mass is 10.1. The summed E-state index contributed by atoms with van der Waals surface area (Å²) in [5.74, 6) is 1.49. The van der Waals surface area contributed by atoms with Crippen LogP contribution in [0, 0.1) is 6.92 Å². The van der Waals surface area contributed by atoms with Gasteiger partial charge >= 0.3 is 0 Å². The van der Waals surface area contributed by atoms with Crippen LogP contribution >= 0.6 is 11.3 Å². The lowest BCUT2D eigenvalue weighted by Gasteiger charge is -2.09. The first kappa shape index (κ1) is 22.0. The number of pyridine rings is 1. The molecule has 3 heterocycles. The Labute approximate surface area is 182 Å². The predicted octanol–water partition coefficient (Wildman–Crippen LogP) is 4.58. The maximum absolute atomic E-state index is 12.9. The molecule has 0 aromatic carbocycles. The standard InChI is InChI=1S/C21H26N6OS2/c1-6-7-8-30(28)21-19(22)18-15(17-11-25-14(3)27(17)5)9-16(26-20(18)29-21)13(2)10-24-12-23-4/h9-12H,4,6-8,22H2,1-3,5H3/b13-10+,24-12?/t30-/m0/s1. The molecule has 0 aliphatic rings. The highest BCUT2D eigenvalue weighted by Crippen LogP contribution is 2.42. The third-order valence-electron chi connectivity index (χ3n) is 4.87. The van der Waals surface area contributed by atoms with E-state index in [9.17, 15) is 4.21 Å². The minimum Gasteiger partial charge on any atom is -0.396 e. The van der Waals surface area contributed by atoms with E-state index in [2.05, 4.69) is 28.6 Å². The predicted molar refractivity (Wildman–Crippen MR) is 129 cm³/mol. The van der Waals surface area contributed by atoms with Crippen molar-refractivity contribution < 1.29 is 4.21 Å². The average molecular weight is 443 g/mol. The van der Waals surface area contributed by atoms with E-state index in [4.69, 9.17) is 10.7 Å². The quantitative estimate of drug-likeness (QED) is 0.407. The molecule has 30 heavy (non-hydrogen) atoms. The minimum atomic E-state index is -1.14. The zero-order valence-corrected chi connectivity index (χ0v) is 19.3. The summed E-state index contributed by atoms with van der Waals surface area (Å²) in [6.45, 7) is 9.36. The first-order valence-corrected chi connectivity index (χ1v) is 11.8. The molecule has 0 fully saturated rings. The molecular formula is C21H26N6OS2. The number of unbranched alkanes of at least 4 members (excludes halogenated alkanes) is 1. The van der Waals surface area contributed by atoms with E-state index in [1.54, 1.807) is 6.20 Å². The van der Waals surface area contributed by atoms with Crippen LogP contribution in [-0.4, -0.2) is 37.6 Å². The lowest BCUT2D eigenvalue weighted by Crippen LogP contribution is -2.00. The van der Waals surface area contributed by atoms with Gasteiger partial charge < -0.3 is 10.3 Å². The summed E-state index contributed by atoms with van der Waals surface area (Å²) in [5, 5.41) is 0.829. The van der Waals surface area contributed by atoms with Gasteiger partial charge in [0.1, 0.15) is 21.2 Å². The third kappa shape index (κ3) is 4.27. The highest BCUT2D eigenvalue weighted by molar-refractivity contribution is 7.87. The van der Waals surface area contributed by atoms with E-state index in [1.807, 2.05) is 37.7 Å². The molecule has 0 radical (unpaired) electrons. The molecule has 0 amide bonds. The molecule has 0 spiro atoms. The van der Waals surface area contributed by atoms with E-state index in [0.29, 0.717) is 15.6 Å². The number of aromatic nitrogens is 3. The van der Waals surface area contributed by atoms with Crippen molar-refractivity contribution in [1.82, 2.24) is 14.5 Å². The third-order valence-corrected chi connectivity index (χ3v) is 7.87. The van der Waals surface area contributed by atoms with Gasteiger partial charge in [-0.25, -0.2) is 15.0 Å². The van der Waals surface area contributed by atoms with Crippen LogP contribution in [0.3, 0.4) is 0 Å². The number of hydrogen-bond donors (Lipinski definition) is 1. The summed E-state index contributed by atoms with van der Waals surface area (Å²) in [5.41, 5.74) is 10.6. The summed E-state index contributed by atoms with van der Waals surface area (Å²) in [6.07, 6.45) is 6.79. The van der Waals surface area contributed by atoms with Gasteiger partial charge in [-0.15, -0.1) is 11.3 Å². The fourth-order valence-corrected chi connectivity index (χ4v) is 5.85. The van der Waals surface area contributed by atoms with E-state index in [1.165, 1.54) is 17.7 Å². The molecule has 0 saturated carbocycles. The number of allylic oxidation sites excluding steroid dienone is 1. The van der Waals surface area contributed by atoms with Crippen LogP contribution < -0.4 is 5.73 Å². The molecule has 0 aliphatic carbocycles. The van der Waals surface area contributed by atoms with Crippen molar-refractivity contribution in [3.63, 3.8) is 0 Å². The second-order valence-electron chi connectivity index (χ2n) is 6.95. The summed E-state index contributed by atoms with van der Waals surface area (Å²) in [4.78, 5) is 17.7. The topological polar surface area (TPSA) is 98.5 Å². The molecule has 0 bridgehead atoms. The Balaban J connectivity index is 2.26. The molecule has 0 aliphatic heterocycles. The fourth-order valence-electron chi connectivity index (χ4n) is 3.05. The van der Waals surface area contributed by atoms with Crippen molar-refractivity contribution in [3.05, 3.63) is 30.0 Å². The molecule has 3 aromatic rings. The number of nitrogens with two attached hydrogens (primary N) is 1. The van der Waals surface area contributed by atoms with Crippen molar-refractivity contribution >= 4 is 56.7 Å². The smallest absolute Gasteiger partial charge is 0.127 e. The summed E-state index contributed by atoms with van der Waals surface area (Å²) in [7, 11) is 0.825. The molecule has 3 aromatic heterocycles. The van der Waals surface area contributed by atoms with Crippen LogP contribution in [0.2, 0.25) is 0 Å². The molecule has 1 atom stereocenters. The monoisotopic (exact) mass is 442 g/mol. The highest BCUT2D eigenvalue weighted by atomic mass is 32.2. The number of anilines is 1. The number of hydrogen-bond acceptors (Lipinski definition) is 6. The minimum absolute atomic E-state index is 0.549. The lowest BCUT2D eigenvalue weighted by molar-refractivity contribution is 0.681. The van der Waals surface area contributed by atoms with Gasteiger partial charge in [-0.1, -0.05) is 13.3 Å². The summed E-state index contributed by atoms with van der Waals surface area (Å²) >= 11 is 1.40. The maximum atomic E-state index is 12.9. The number of nitrogen functional groups attached to an aromatic ring is 1. The van der Waals surface area contributed by atoms with Crippen molar-refractivity contribution in [2.45, 2.75) is 37.8 Å². The fraction of sp³-hybridized carbons (Fsp3) is 0.333. The molecule has 0 unspecified atom stereocenters. The highest BCUT2D eigenvalue weighted by Gasteiger charge is 2.22. The first-order valence-electron chi connectivity index (χ1n) is 9.63. The largest absolute Gasteiger partial charge is 0.396 e. The van der Waals surface area contributed by atoms with E-state index < -0.39 is 10.8 Å². The number of aliphatic imine (C=N–C) groups is 2. The summed E-state index contributed by atoms with van der Waals surface area (Å²) < 4.78 is 15.6. The number of thiophene rings is 1. The second kappa shape index (κ2) is 9.44. The van der Waals surface area contributed by atoms with Gasteiger partial charge in [0.2, 0.25) is 0 Å². The molecule has 9 heteroatoms. The van der Waals surface area contributed by atoms with Crippen LogP contribution in [0.15, 0.2) is 32.7 Å². The summed E-state index contributed by atoms with van der Waals surface area (Å²) in [6, 6.07) is 1.99. The van der Waals surface area contributed by atoms with Gasteiger partial charge in [0.05, 0.1) is 34.1 Å². The molecule has 0 saturated heterocycles. The van der Waals surface area contributed by atoms with Gasteiger partial charge in [-0.3, -0.25) is 9.20 Å². The Bertz CT molecular complexity index is 1170. The normalized spacial score (nSPS) is 13.4. The molecule has 158 valence electrons. The number of imidazole rings is 1. The zero-order valence-electron chi connectivity index (χ0n) is 17.7. The van der Waals surface area contributed by atoms with Crippen LogP contribution in [0.4, 0.5) is 5.69 Å². The molecule has 3 rings (SSSR count).